The molecule has 3 rings (SSSR count). The molecule has 116 valence electrons. The smallest absolute Gasteiger partial charge is 0.352 e. The zero-order valence-corrected chi connectivity index (χ0v) is 12.2. The monoisotopic (exact) mass is 309 g/mol. The molecule has 0 aliphatic carbocycles. The second kappa shape index (κ2) is 5.84. The Bertz CT molecular complexity index is 912. The molecule has 0 spiro atoms. The summed E-state index contributed by atoms with van der Waals surface area (Å²) in [4.78, 5) is 11.5. The van der Waals surface area contributed by atoms with Crippen molar-refractivity contribution < 1.29 is 15.1 Å². The van der Waals surface area contributed by atoms with E-state index in [0.717, 1.165) is 16.5 Å². The van der Waals surface area contributed by atoms with Gasteiger partial charge in [0.05, 0.1) is 0 Å². The number of carboxylic acid groups (broad SMARTS) is 1. The fourth-order valence-corrected chi connectivity index (χ4v) is 2.63. The first-order valence-electron chi connectivity index (χ1n) is 6.98. The third-order valence-electron chi connectivity index (χ3n) is 3.70. The summed E-state index contributed by atoms with van der Waals surface area (Å²) in [5, 5.41) is 22.1. The second-order valence-electron chi connectivity index (χ2n) is 5.17. The van der Waals surface area contributed by atoms with E-state index in [0.29, 0.717) is 12.1 Å². The average molecular weight is 309 g/mol. The van der Waals surface area contributed by atoms with E-state index in [-0.39, 0.29) is 11.5 Å². The molecule has 0 bridgehead atoms. The molecule has 6 heteroatoms. The lowest BCUT2D eigenvalue weighted by molar-refractivity contribution is 0.0686. The Labute approximate surface area is 132 Å². The molecule has 0 aliphatic heterocycles. The van der Waals surface area contributed by atoms with Gasteiger partial charge in [0.1, 0.15) is 5.69 Å². The van der Waals surface area contributed by atoms with Crippen LogP contribution in [0.2, 0.25) is 0 Å². The predicted octanol–water partition coefficient (Wildman–Crippen LogP) is 2.48. The van der Waals surface area contributed by atoms with Crippen molar-refractivity contribution in [3.63, 3.8) is 0 Å². The highest BCUT2D eigenvalue weighted by Gasteiger charge is 2.14. The number of carboxylic acids is 1. The standard InChI is InChI=1S/C17H15N3O3/c18-16(19-23)13-6-3-4-11(8-13)10-20-14-7-2-1-5-12(14)9-15(20)17(21)22/h1-9,23H,10H2,(H2,18,19)(H,21,22). The summed E-state index contributed by atoms with van der Waals surface area (Å²) in [5.74, 6) is -0.962. The molecule has 0 amide bonds. The third kappa shape index (κ3) is 2.74. The number of nitrogens with two attached hydrogens (primary N) is 1. The van der Waals surface area contributed by atoms with E-state index in [9.17, 15) is 9.90 Å². The maximum atomic E-state index is 11.5. The number of hydrogen-bond acceptors (Lipinski definition) is 3. The maximum absolute atomic E-state index is 11.5. The van der Waals surface area contributed by atoms with Crippen LogP contribution in [-0.2, 0) is 6.54 Å². The van der Waals surface area contributed by atoms with Gasteiger partial charge in [0, 0.05) is 23.0 Å². The highest BCUT2D eigenvalue weighted by molar-refractivity contribution is 5.97. The maximum Gasteiger partial charge on any atom is 0.352 e. The summed E-state index contributed by atoms with van der Waals surface area (Å²) in [5.41, 5.74) is 8.11. The molecule has 0 aliphatic rings. The van der Waals surface area contributed by atoms with Crippen molar-refractivity contribution >= 4 is 22.7 Å². The van der Waals surface area contributed by atoms with Crippen molar-refractivity contribution in [1.82, 2.24) is 4.57 Å². The van der Waals surface area contributed by atoms with Crippen LogP contribution >= 0.6 is 0 Å². The van der Waals surface area contributed by atoms with Crippen LogP contribution in [0.4, 0.5) is 0 Å². The Morgan fingerprint density at radius 1 is 1.13 bits per heavy atom. The van der Waals surface area contributed by atoms with E-state index in [4.69, 9.17) is 10.9 Å². The number of amidine groups is 1. The van der Waals surface area contributed by atoms with Crippen molar-refractivity contribution in [3.8, 4) is 0 Å². The summed E-state index contributed by atoms with van der Waals surface area (Å²) in [6.07, 6.45) is 0. The number of aromatic nitrogens is 1. The lowest BCUT2D eigenvalue weighted by atomic mass is 10.1. The van der Waals surface area contributed by atoms with Gasteiger partial charge in [0.15, 0.2) is 5.84 Å². The molecule has 0 unspecified atom stereocenters. The first-order valence-corrected chi connectivity index (χ1v) is 6.98. The van der Waals surface area contributed by atoms with E-state index in [1.807, 2.05) is 30.3 Å². The molecule has 0 radical (unpaired) electrons. The van der Waals surface area contributed by atoms with Gasteiger partial charge in [-0.3, -0.25) is 0 Å². The summed E-state index contributed by atoms with van der Waals surface area (Å²) >= 11 is 0. The predicted molar refractivity (Wildman–Crippen MR) is 87.0 cm³/mol. The molecule has 1 heterocycles. The van der Waals surface area contributed by atoms with E-state index in [2.05, 4.69) is 5.16 Å². The Balaban J connectivity index is 2.08. The Morgan fingerprint density at radius 3 is 2.65 bits per heavy atom. The number of nitrogens with zero attached hydrogens (tertiary/aromatic N) is 2. The van der Waals surface area contributed by atoms with Crippen LogP contribution in [0.1, 0.15) is 21.6 Å². The largest absolute Gasteiger partial charge is 0.477 e. The average Bonchev–Trinajstić information content (AvgIpc) is 2.93. The van der Waals surface area contributed by atoms with Crippen molar-refractivity contribution in [2.24, 2.45) is 10.9 Å². The van der Waals surface area contributed by atoms with Crippen LogP contribution in [0.15, 0.2) is 59.8 Å². The van der Waals surface area contributed by atoms with Crippen LogP contribution in [0.25, 0.3) is 10.9 Å². The molecule has 4 N–H and O–H groups in total. The highest BCUT2D eigenvalue weighted by atomic mass is 16.4. The van der Waals surface area contributed by atoms with Gasteiger partial charge in [-0.1, -0.05) is 41.6 Å². The molecular formula is C17H15N3O3. The molecular weight excluding hydrogens is 294 g/mol. The zero-order chi connectivity index (χ0) is 16.4. The van der Waals surface area contributed by atoms with E-state index < -0.39 is 5.97 Å². The number of fused-ring (bicyclic) bond motifs is 1. The summed E-state index contributed by atoms with van der Waals surface area (Å²) in [6.45, 7) is 0.377. The van der Waals surface area contributed by atoms with Crippen LogP contribution in [0.5, 0.6) is 0 Å². The quantitative estimate of drug-likeness (QED) is 0.298. The normalized spacial score (nSPS) is 11.7. The number of benzene rings is 2. The number of aromatic carboxylic acids is 1. The summed E-state index contributed by atoms with van der Waals surface area (Å²) in [6, 6.07) is 16.3. The number of carbonyl (C=O) groups is 1. The number of hydrogen-bond donors (Lipinski definition) is 3. The summed E-state index contributed by atoms with van der Waals surface area (Å²) in [7, 11) is 0. The molecule has 0 fully saturated rings. The van der Waals surface area contributed by atoms with Crippen molar-refractivity contribution in [2.45, 2.75) is 6.54 Å². The zero-order valence-electron chi connectivity index (χ0n) is 12.2. The van der Waals surface area contributed by atoms with E-state index in [1.165, 1.54) is 0 Å². The molecule has 2 aromatic carbocycles. The fourth-order valence-electron chi connectivity index (χ4n) is 2.63. The van der Waals surface area contributed by atoms with Gasteiger partial charge in [-0.2, -0.15) is 0 Å². The van der Waals surface area contributed by atoms with Gasteiger partial charge in [-0.05, 0) is 23.8 Å². The fraction of sp³-hybridized carbons (Fsp3) is 0.0588. The molecule has 6 nitrogen and oxygen atoms in total. The highest BCUT2D eigenvalue weighted by Crippen LogP contribution is 2.21. The van der Waals surface area contributed by atoms with Gasteiger partial charge in [-0.15, -0.1) is 0 Å². The minimum absolute atomic E-state index is 0.0164. The SMILES string of the molecule is NC(=NO)c1cccc(Cn2c(C(=O)O)cc3ccccc32)c1. The van der Waals surface area contributed by atoms with Crippen LogP contribution in [0.3, 0.4) is 0 Å². The number of rotatable bonds is 4. The van der Waals surface area contributed by atoms with Gasteiger partial charge < -0.3 is 20.6 Å². The molecule has 0 atom stereocenters. The molecule has 3 aromatic rings. The molecule has 23 heavy (non-hydrogen) atoms. The van der Waals surface area contributed by atoms with Gasteiger partial charge in [0.2, 0.25) is 0 Å². The molecule has 1 aromatic heterocycles. The topological polar surface area (TPSA) is 101 Å². The van der Waals surface area contributed by atoms with Gasteiger partial charge >= 0.3 is 5.97 Å². The van der Waals surface area contributed by atoms with Crippen LogP contribution in [0, 0.1) is 0 Å². The lowest BCUT2D eigenvalue weighted by Crippen LogP contribution is -2.14. The number of oxime groups is 1. The van der Waals surface area contributed by atoms with Crippen molar-refractivity contribution in [3.05, 3.63) is 71.4 Å². The van der Waals surface area contributed by atoms with Crippen molar-refractivity contribution in [1.29, 1.82) is 0 Å². The second-order valence-corrected chi connectivity index (χ2v) is 5.17. The first-order chi connectivity index (χ1) is 11.1. The first kappa shape index (κ1) is 14.6. The summed E-state index contributed by atoms with van der Waals surface area (Å²) < 4.78 is 1.74. The third-order valence-corrected chi connectivity index (χ3v) is 3.70. The Hall–Kier alpha value is -3.28. The lowest BCUT2D eigenvalue weighted by Gasteiger charge is -2.10. The molecule has 0 saturated heterocycles. The van der Waals surface area contributed by atoms with Gasteiger partial charge in [-0.25, -0.2) is 4.79 Å². The van der Waals surface area contributed by atoms with Gasteiger partial charge in [0.25, 0.3) is 0 Å². The Morgan fingerprint density at radius 2 is 1.91 bits per heavy atom. The number of para-hydroxylation sites is 1. The minimum atomic E-state index is -0.978. The van der Waals surface area contributed by atoms with E-state index in [1.54, 1.807) is 28.8 Å². The van der Waals surface area contributed by atoms with Crippen molar-refractivity contribution in [2.75, 3.05) is 0 Å². The van der Waals surface area contributed by atoms with E-state index >= 15 is 0 Å². The minimum Gasteiger partial charge on any atom is -0.477 e. The Kier molecular flexibility index (Phi) is 3.72. The van der Waals surface area contributed by atoms with Crippen LogP contribution < -0.4 is 5.73 Å². The van der Waals surface area contributed by atoms with Crippen LogP contribution in [-0.4, -0.2) is 26.7 Å². The molecule has 0 saturated carbocycles.